The summed E-state index contributed by atoms with van der Waals surface area (Å²) in [5.74, 6) is -0.127. The van der Waals surface area contributed by atoms with Crippen LogP contribution < -0.4 is 0 Å². The quantitative estimate of drug-likeness (QED) is 0.416. The van der Waals surface area contributed by atoms with E-state index >= 15 is 0 Å². The van der Waals surface area contributed by atoms with Gasteiger partial charge in [-0.2, -0.15) is 0 Å². The Bertz CT molecular complexity index is 747. The van der Waals surface area contributed by atoms with Crippen molar-refractivity contribution >= 4 is 5.97 Å². The van der Waals surface area contributed by atoms with E-state index in [2.05, 4.69) is 44.3 Å². The summed E-state index contributed by atoms with van der Waals surface area (Å²) in [5, 5.41) is 0. The van der Waals surface area contributed by atoms with E-state index in [1.54, 1.807) is 24.3 Å². The minimum absolute atomic E-state index is 0.292. The molecular formula is C21H20O2. The van der Waals surface area contributed by atoms with Crippen molar-refractivity contribution in [1.82, 2.24) is 0 Å². The lowest BCUT2D eigenvalue weighted by Gasteiger charge is -2.06. The average molecular weight is 304 g/mol. The number of ether oxygens (including phenoxy) is 1. The minimum atomic E-state index is -0.420. The van der Waals surface area contributed by atoms with Crippen LogP contribution in [0.4, 0.5) is 0 Å². The molecule has 0 aliphatic rings. The molecule has 0 aliphatic heterocycles. The van der Waals surface area contributed by atoms with Gasteiger partial charge in [-0.25, -0.2) is 4.79 Å². The first-order valence-electron chi connectivity index (χ1n) is 7.37. The van der Waals surface area contributed by atoms with Crippen LogP contribution in [0.3, 0.4) is 0 Å². The van der Waals surface area contributed by atoms with Crippen molar-refractivity contribution in [1.29, 1.82) is 0 Å². The van der Waals surface area contributed by atoms with E-state index < -0.39 is 5.97 Å². The van der Waals surface area contributed by atoms with Crippen LogP contribution in [0.2, 0.25) is 0 Å². The molecule has 0 aliphatic carbocycles. The highest BCUT2D eigenvalue weighted by molar-refractivity contribution is 5.90. The monoisotopic (exact) mass is 304 g/mol. The standard InChI is InChI=1S/C21H20O2/c1-15(2)5-8-17(4)23-21(22)20-13-11-19(12-14-20)18-9-6-16(3)7-10-18/h5-14H,1,4H2,2-3H3/b8-5-. The van der Waals surface area contributed by atoms with Gasteiger partial charge >= 0.3 is 5.97 Å². The fourth-order valence-electron chi connectivity index (χ4n) is 1.99. The van der Waals surface area contributed by atoms with Gasteiger partial charge in [-0.1, -0.05) is 66.8 Å². The molecule has 23 heavy (non-hydrogen) atoms. The van der Waals surface area contributed by atoms with Crippen LogP contribution in [0, 0.1) is 6.92 Å². The average Bonchev–Trinajstić information content (AvgIpc) is 2.54. The maximum Gasteiger partial charge on any atom is 0.343 e. The molecule has 0 atom stereocenters. The molecule has 2 aromatic carbocycles. The first-order chi connectivity index (χ1) is 11.0. The fraction of sp³-hybridized carbons (Fsp3) is 0.0952. The Labute approximate surface area is 137 Å². The molecule has 0 N–H and O–H groups in total. The van der Waals surface area contributed by atoms with Crippen molar-refractivity contribution in [3.63, 3.8) is 0 Å². The Morgan fingerprint density at radius 2 is 1.43 bits per heavy atom. The van der Waals surface area contributed by atoms with Gasteiger partial charge < -0.3 is 4.74 Å². The Morgan fingerprint density at radius 3 is 1.96 bits per heavy atom. The SMILES string of the molecule is C=C(C)/C=C\C(=C)OC(=O)c1ccc(-c2ccc(C)cc2)cc1. The Kier molecular flexibility index (Phi) is 5.32. The zero-order valence-corrected chi connectivity index (χ0v) is 13.5. The fourth-order valence-corrected chi connectivity index (χ4v) is 1.99. The summed E-state index contributed by atoms with van der Waals surface area (Å²) in [6, 6.07) is 15.6. The highest BCUT2D eigenvalue weighted by Gasteiger charge is 2.08. The van der Waals surface area contributed by atoms with Crippen molar-refractivity contribution in [3.8, 4) is 11.1 Å². The zero-order chi connectivity index (χ0) is 16.8. The molecule has 0 saturated heterocycles. The molecule has 0 radical (unpaired) electrons. The second kappa shape index (κ2) is 7.41. The second-order valence-corrected chi connectivity index (χ2v) is 5.48. The number of hydrogen-bond donors (Lipinski definition) is 0. The number of carbonyl (C=O) groups excluding carboxylic acids is 1. The molecule has 0 aromatic heterocycles. The smallest absolute Gasteiger partial charge is 0.343 e. The minimum Gasteiger partial charge on any atom is -0.424 e. The summed E-state index contributed by atoms with van der Waals surface area (Å²) in [4.78, 5) is 12.1. The molecule has 2 heteroatoms. The van der Waals surface area contributed by atoms with Crippen molar-refractivity contribution in [2.45, 2.75) is 13.8 Å². The van der Waals surface area contributed by atoms with Crippen molar-refractivity contribution in [2.75, 3.05) is 0 Å². The lowest BCUT2D eigenvalue weighted by molar-refractivity contribution is 0.0638. The van der Waals surface area contributed by atoms with E-state index in [1.165, 1.54) is 5.56 Å². The summed E-state index contributed by atoms with van der Waals surface area (Å²) >= 11 is 0. The lowest BCUT2D eigenvalue weighted by Crippen LogP contribution is -2.03. The molecule has 0 saturated carbocycles. The highest BCUT2D eigenvalue weighted by Crippen LogP contribution is 2.20. The lowest BCUT2D eigenvalue weighted by atomic mass is 10.0. The van der Waals surface area contributed by atoms with Crippen molar-refractivity contribution in [2.24, 2.45) is 0 Å². The molecule has 0 spiro atoms. The van der Waals surface area contributed by atoms with Gasteiger partial charge in [0.1, 0.15) is 5.76 Å². The Morgan fingerprint density at radius 1 is 0.913 bits per heavy atom. The maximum absolute atomic E-state index is 12.1. The van der Waals surface area contributed by atoms with Gasteiger partial charge in [0, 0.05) is 0 Å². The highest BCUT2D eigenvalue weighted by atomic mass is 16.5. The van der Waals surface area contributed by atoms with Crippen LogP contribution in [0.1, 0.15) is 22.8 Å². The first kappa shape index (κ1) is 16.5. The van der Waals surface area contributed by atoms with Gasteiger partial charge in [-0.3, -0.25) is 0 Å². The van der Waals surface area contributed by atoms with Crippen LogP contribution in [-0.2, 0) is 4.74 Å². The van der Waals surface area contributed by atoms with Crippen LogP contribution in [0.5, 0.6) is 0 Å². The number of rotatable bonds is 5. The third-order valence-corrected chi connectivity index (χ3v) is 3.28. The van der Waals surface area contributed by atoms with Gasteiger partial charge in [0.25, 0.3) is 0 Å². The summed E-state index contributed by atoms with van der Waals surface area (Å²) < 4.78 is 5.19. The Hall–Kier alpha value is -2.87. The Balaban J connectivity index is 2.07. The number of benzene rings is 2. The predicted octanol–water partition coefficient (Wildman–Crippen LogP) is 5.46. The van der Waals surface area contributed by atoms with Crippen LogP contribution >= 0.6 is 0 Å². The van der Waals surface area contributed by atoms with Crippen molar-refractivity contribution < 1.29 is 9.53 Å². The van der Waals surface area contributed by atoms with Gasteiger partial charge in [0.15, 0.2) is 0 Å². The summed E-state index contributed by atoms with van der Waals surface area (Å²) in [6.07, 6.45) is 3.37. The molecule has 2 rings (SSSR count). The molecule has 0 amide bonds. The van der Waals surface area contributed by atoms with Crippen LogP contribution in [-0.4, -0.2) is 5.97 Å². The summed E-state index contributed by atoms with van der Waals surface area (Å²) in [7, 11) is 0. The predicted molar refractivity (Wildman–Crippen MR) is 95.1 cm³/mol. The molecule has 0 fully saturated rings. The van der Waals surface area contributed by atoms with Gasteiger partial charge in [-0.05, 0) is 43.2 Å². The van der Waals surface area contributed by atoms with Gasteiger partial charge in [0.05, 0.1) is 5.56 Å². The molecular weight excluding hydrogens is 284 g/mol. The van der Waals surface area contributed by atoms with E-state index in [1.807, 2.05) is 19.1 Å². The van der Waals surface area contributed by atoms with Gasteiger partial charge in [0.2, 0.25) is 0 Å². The molecule has 2 nitrogen and oxygen atoms in total. The number of allylic oxidation sites excluding steroid dienone is 3. The second-order valence-electron chi connectivity index (χ2n) is 5.48. The number of esters is 1. The third-order valence-electron chi connectivity index (χ3n) is 3.28. The van der Waals surface area contributed by atoms with E-state index in [0.717, 1.165) is 16.7 Å². The number of hydrogen-bond acceptors (Lipinski definition) is 2. The van der Waals surface area contributed by atoms with Crippen LogP contribution in [0.15, 0.2) is 85.2 Å². The maximum atomic E-state index is 12.1. The zero-order valence-electron chi connectivity index (χ0n) is 13.5. The number of aryl methyl sites for hydroxylation is 1. The topological polar surface area (TPSA) is 26.3 Å². The molecule has 116 valence electrons. The third kappa shape index (κ3) is 4.82. The molecule has 0 heterocycles. The largest absolute Gasteiger partial charge is 0.424 e. The van der Waals surface area contributed by atoms with Crippen LogP contribution in [0.25, 0.3) is 11.1 Å². The summed E-state index contributed by atoms with van der Waals surface area (Å²) in [5.41, 5.74) is 4.75. The molecule has 0 unspecified atom stereocenters. The van der Waals surface area contributed by atoms with E-state index in [-0.39, 0.29) is 0 Å². The van der Waals surface area contributed by atoms with Gasteiger partial charge in [-0.15, -0.1) is 0 Å². The molecule has 2 aromatic rings. The first-order valence-corrected chi connectivity index (χ1v) is 7.37. The van der Waals surface area contributed by atoms with E-state index in [0.29, 0.717) is 11.3 Å². The normalized spacial score (nSPS) is 10.5. The van der Waals surface area contributed by atoms with Crippen molar-refractivity contribution in [3.05, 3.63) is 96.3 Å². The van der Waals surface area contributed by atoms with E-state index in [9.17, 15) is 4.79 Å². The number of carbonyl (C=O) groups is 1. The summed E-state index contributed by atoms with van der Waals surface area (Å²) in [6.45, 7) is 11.3. The van der Waals surface area contributed by atoms with E-state index in [4.69, 9.17) is 4.74 Å². The molecule has 0 bridgehead atoms.